The van der Waals surface area contributed by atoms with Crippen LogP contribution in [0.2, 0.25) is 5.02 Å². The predicted molar refractivity (Wildman–Crippen MR) is 102 cm³/mol. The molecule has 130 valence electrons. The monoisotopic (exact) mass is 367 g/mol. The maximum Gasteiger partial charge on any atom is 0.285 e. The molecule has 6 nitrogen and oxygen atoms in total. The molecule has 26 heavy (non-hydrogen) atoms. The van der Waals surface area contributed by atoms with Crippen molar-refractivity contribution in [1.82, 2.24) is 14.8 Å². The third kappa shape index (κ3) is 2.30. The minimum atomic E-state index is -0.593. The van der Waals surface area contributed by atoms with Crippen molar-refractivity contribution in [3.8, 4) is 11.6 Å². The molecule has 7 heteroatoms. The second-order valence-corrected chi connectivity index (χ2v) is 6.59. The first-order chi connectivity index (χ1) is 12.4. The van der Waals surface area contributed by atoms with Crippen molar-refractivity contribution < 1.29 is 5.11 Å². The zero-order valence-electron chi connectivity index (χ0n) is 14.0. The molecule has 0 saturated carbocycles. The molecule has 0 saturated heterocycles. The minimum Gasteiger partial charge on any atom is -0.491 e. The molecular formula is C19H14ClN3O3. The summed E-state index contributed by atoms with van der Waals surface area (Å²) in [5.74, 6) is -0.431. The Hall–Kier alpha value is -3.12. The highest BCUT2D eigenvalue weighted by molar-refractivity contribution is 6.31. The van der Waals surface area contributed by atoms with Crippen molar-refractivity contribution >= 4 is 33.4 Å². The van der Waals surface area contributed by atoms with Crippen molar-refractivity contribution in [3.63, 3.8) is 0 Å². The number of rotatable bonds is 1. The Morgan fingerprint density at radius 2 is 1.92 bits per heavy atom. The maximum atomic E-state index is 13.0. The molecule has 0 amide bonds. The number of benzene rings is 2. The number of pyridine rings is 1. The summed E-state index contributed by atoms with van der Waals surface area (Å²) in [6, 6.07) is 10.1. The van der Waals surface area contributed by atoms with Gasteiger partial charge in [-0.2, -0.15) is 4.68 Å². The van der Waals surface area contributed by atoms with Gasteiger partial charge in [0, 0.05) is 10.4 Å². The van der Waals surface area contributed by atoms with Gasteiger partial charge >= 0.3 is 0 Å². The van der Waals surface area contributed by atoms with E-state index >= 15 is 0 Å². The lowest BCUT2D eigenvalue weighted by molar-refractivity contribution is 0.443. The number of halogens is 1. The fourth-order valence-corrected chi connectivity index (χ4v) is 3.23. The predicted octanol–water partition coefficient (Wildman–Crippen LogP) is 3.20. The Bertz CT molecular complexity index is 1320. The smallest absolute Gasteiger partial charge is 0.285 e. The number of fused-ring (bicyclic) bond motifs is 2. The van der Waals surface area contributed by atoms with Gasteiger partial charge in [0.25, 0.3) is 11.4 Å². The SMILES string of the molecule is Cc1cccc(-n2nc(O)c3[nH]c4cc(Cl)ccc4c(=O)c3c2=O)c1C. The lowest BCUT2D eigenvalue weighted by atomic mass is 10.1. The molecule has 0 spiro atoms. The van der Waals surface area contributed by atoms with Crippen molar-refractivity contribution in [1.29, 1.82) is 0 Å². The summed E-state index contributed by atoms with van der Waals surface area (Å²) in [6.45, 7) is 3.77. The Balaban J connectivity index is 2.19. The number of nitrogens with one attached hydrogen (secondary N) is 1. The van der Waals surface area contributed by atoms with E-state index in [1.165, 1.54) is 0 Å². The standard InChI is InChI=1S/C19H14ClN3O3/c1-9-4-3-5-14(10(9)2)23-19(26)15-16(18(25)22-23)21-13-8-11(20)6-7-12(13)17(15)24/h3-8H,1-2H3,(H,21,24)(H,22,25). The molecule has 4 rings (SSSR count). The van der Waals surface area contributed by atoms with Crippen LogP contribution in [0, 0.1) is 13.8 Å². The van der Waals surface area contributed by atoms with E-state index in [9.17, 15) is 14.7 Å². The number of nitrogens with zero attached hydrogens (tertiary/aromatic N) is 2. The van der Waals surface area contributed by atoms with E-state index in [0.29, 0.717) is 21.6 Å². The summed E-state index contributed by atoms with van der Waals surface area (Å²) in [5, 5.41) is 15.0. The first kappa shape index (κ1) is 16.4. The van der Waals surface area contributed by atoms with E-state index in [1.807, 2.05) is 19.9 Å². The van der Waals surface area contributed by atoms with Crippen LogP contribution < -0.4 is 11.0 Å². The summed E-state index contributed by atoms with van der Waals surface area (Å²) >= 11 is 5.96. The van der Waals surface area contributed by atoms with Gasteiger partial charge in [-0.1, -0.05) is 23.7 Å². The zero-order chi connectivity index (χ0) is 18.6. The number of H-pyrrole nitrogens is 1. The molecule has 4 aromatic rings. The van der Waals surface area contributed by atoms with Crippen LogP contribution in [0.5, 0.6) is 5.88 Å². The number of aryl methyl sites for hydroxylation is 1. The molecule has 2 aromatic heterocycles. The van der Waals surface area contributed by atoms with E-state index in [0.717, 1.165) is 15.8 Å². The molecule has 0 aliphatic carbocycles. The second-order valence-electron chi connectivity index (χ2n) is 6.15. The molecule has 0 aliphatic rings. The summed E-state index contributed by atoms with van der Waals surface area (Å²) in [5.41, 5.74) is 1.68. The van der Waals surface area contributed by atoms with Gasteiger partial charge in [-0.15, -0.1) is 5.10 Å². The lowest BCUT2D eigenvalue weighted by Gasteiger charge is -2.12. The van der Waals surface area contributed by atoms with Crippen LogP contribution in [0.25, 0.3) is 27.5 Å². The Kier molecular flexibility index (Phi) is 3.59. The molecule has 0 bridgehead atoms. The van der Waals surface area contributed by atoms with Crippen LogP contribution in [0.4, 0.5) is 0 Å². The number of hydrogen-bond acceptors (Lipinski definition) is 4. The van der Waals surface area contributed by atoms with Crippen LogP contribution in [0.1, 0.15) is 11.1 Å². The molecule has 0 radical (unpaired) electrons. The third-order valence-corrected chi connectivity index (χ3v) is 4.83. The van der Waals surface area contributed by atoms with Crippen LogP contribution in [0.15, 0.2) is 46.0 Å². The number of aromatic nitrogens is 3. The Morgan fingerprint density at radius 1 is 1.15 bits per heavy atom. The van der Waals surface area contributed by atoms with Crippen LogP contribution in [0.3, 0.4) is 0 Å². The normalized spacial score (nSPS) is 11.3. The topological polar surface area (TPSA) is 88.0 Å². The van der Waals surface area contributed by atoms with Crippen molar-refractivity contribution in [2.45, 2.75) is 13.8 Å². The van der Waals surface area contributed by atoms with E-state index in [4.69, 9.17) is 11.6 Å². The van der Waals surface area contributed by atoms with Crippen molar-refractivity contribution in [3.05, 3.63) is 73.1 Å². The zero-order valence-corrected chi connectivity index (χ0v) is 14.8. The molecule has 0 unspecified atom stereocenters. The van der Waals surface area contributed by atoms with Gasteiger partial charge in [-0.25, -0.2) is 0 Å². The van der Waals surface area contributed by atoms with Gasteiger partial charge in [0.1, 0.15) is 10.9 Å². The average Bonchev–Trinajstić information content (AvgIpc) is 2.60. The van der Waals surface area contributed by atoms with Gasteiger partial charge in [-0.05, 0) is 49.2 Å². The fraction of sp³-hybridized carbons (Fsp3) is 0.105. The first-order valence-electron chi connectivity index (χ1n) is 7.92. The van der Waals surface area contributed by atoms with Gasteiger partial charge in [0.05, 0.1) is 11.2 Å². The summed E-state index contributed by atoms with van der Waals surface area (Å²) in [7, 11) is 0. The number of aromatic hydroxyl groups is 1. The number of aromatic amines is 1. The lowest BCUT2D eigenvalue weighted by Crippen LogP contribution is -2.27. The van der Waals surface area contributed by atoms with Crippen LogP contribution in [-0.2, 0) is 0 Å². The average molecular weight is 368 g/mol. The minimum absolute atomic E-state index is 0.00340. The van der Waals surface area contributed by atoms with E-state index in [-0.39, 0.29) is 10.9 Å². The molecule has 0 atom stereocenters. The van der Waals surface area contributed by atoms with Crippen molar-refractivity contribution in [2.75, 3.05) is 0 Å². The highest BCUT2D eigenvalue weighted by Crippen LogP contribution is 2.23. The molecule has 2 heterocycles. The fourth-order valence-electron chi connectivity index (χ4n) is 3.06. The molecule has 2 aromatic carbocycles. The largest absolute Gasteiger partial charge is 0.491 e. The highest BCUT2D eigenvalue weighted by Gasteiger charge is 2.18. The quantitative estimate of drug-likeness (QED) is 0.506. The highest BCUT2D eigenvalue weighted by atomic mass is 35.5. The first-order valence-corrected chi connectivity index (χ1v) is 8.30. The van der Waals surface area contributed by atoms with Gasteiger partial charge < -0.3 is 10.1 Å². The molecular weight excluding hydrogens is 354 g/mol. The van der Waals surface area contributed by atoms with E-state index in [1.54, 1.807) is 30.3 Å². The van der Waals surface area contributed by atoms with E-state index < -0.39 is 16.9 Å². The Morgan fingerprint density at radius 3 is 2.69 bits per heavy atom. The third-order valence-electron chi connectivity index (χ3n) is 4.59. The number of hydrogen-bond donors (Lipinski definition) is 2. The Labute approximate surface area is 152 Å². The maximum absolute atomic E-state index is 13.0. The summed E-state index contributed by atoms with van der Waals surface area (Å²) in [4.78, 5) is 28.8. The molecule has 2 N–H and O–H groups in total. The van der Waals surface area contributed by atoms with Gasteiger partial charge in [0.15, 0.2) is 0 Å². The van der Waals surface area contributed by atoms with Crippen molar-refractivity contribution in [2.24, 2.45) is 0 Å². The molecule has 0 fully saturated rings. The van der Waals surface area contributed by atoms with Crippen LogP contribution >= 0.6 is 11.6 Å². The van der Waals surface area contributed by atoms with Gasteiger partial charge in [-0.3, -0.25) is 9.59 Å². The van der Waals surface area contributed by atoms with Gasteiger partial charge in [0.2, 0.25) is 5.43 Å². The summed E-state index contributed by atoms with van der Waals surface area (Å²) < 4.78 is 1.07. The molecule has 0 aliphatic heterocycles. The summed E-state index contributed by atoms with van der Waals surface area (Å²) in [6.07, 6.45) is 0. The van der Waals surface area contributed by atoms with Crippen LogP contribution in [-0.4, -0.2) is 19.9 Å². The second kappa shape index (κ2) is 5.71. The van der Waals surface area contributed by atoms with E-state index in [2.05, 4.69) is 10.1 Å².